The number of rotatable bonds is 19. The van der Waals surface area contributed by atoms with Gasteiger partial charge >= 0.3 is 0 Å². The predicted molar refractivity (Wildman–Crippen MR) is 211 cm³/mol. The summed E-state index contributed by atoms with van der Waals surface area (Å²) in [5.41, 5.74) is 7.75. The molecule has 1 unspecified atom stereocenters. The first-order valence-corrected chi connectivity index (χ1v) is 19.2. The molecular weight excluding hydrogens is 765 g/mol. The Morgan fingerprint density at radius 3 is 2.53 bits per heavy atom. The molecule has 0 radical (unpaired) electrons. The van der Waals surface area contributed by atoms with Crippen LogP contribution in [0.1, 0.15) is 69.0 Å². The number of carbonyl (C=O) groups excluding carboxylic acids is 6. The molecule has 308 valence electrons. The van der Waals surface area contributed by atoms with Crippen LogP contribution in [-0.4, -0.2) is 118 Å². The van der Waals surface area contributed by atoms with Gasteiger partial charge in [-0.1, -0.05) is 6.07 Å². The number of fused-ring (bicyclic) bond motifs is 1. The number of primary amides is 1. The third kappa shape index (κ3) is 8.44. The van der Waals surface area contributed by atoms with Crippen molar-refractivity contribution in [3.05, 3.63) is 71.3 Å². The average molecular weight is 809 g/mol. The van der Waals surface area contributed by atoms with Crippen molar-refractivity contribution in [3.8, 4) is 17.1 Å². The summed E-state index contributed by atoms with van der Waals surface area (Å²) >= 11 is 0. The number of methoxy groups -OCH3 is 1. The highest BCUT2D eigenvalue weighted by Gasteiger charge is 2.52. The van der Waals surface area contributed by atoms with E-state index in [0.717, 1.165) is 11.3 Å². The highest BCUT2D eigenvalue weighted by atomic mass is 16.5. The lowest BCUT2D eigenvalue weighted by molar-refractivity contribution is -0.136. The molecule has 3 aliphatic rings. The van der Waals surface area contributed by atoms with Crippen molar-refractivity contribution in [2.45, 2.75) is 50.1 Å². The van der Waals surface area contributed by atoms with Gasteiger partial charge in [0.15, 0.2) is 17.3 Å². The molecule has 6 amide bonds. The molecule has 4 heterocycles. The second kappa shape index (κ2) is 17.4. The Morgan fingerprint density at radius 2 is 1.78 bits per heavy atom. The van der Waals surface area contributed by atoms with E-state index in [-0.39, 0.29) is 29.7 Å². The molecular formula is C39H44N12O8. The Kier molecular flexibility index (Phi) is 11.9. The first-order chi connectivity index (χ1) is 28.5. The van der Waals surface area contributed by atoms with Crippen LogP contribution < -0.4 is 37.1 Å². The number of nitrogens with one attached hydrogen (secondary N) is 5. The normalized spacial score (nSPS) is 16.7. The lowest BCUT2D eigenvalue weighted by Crippen LogP contribution is -2.54. The van der Waals surface area contributed by atoms with Crippen molar-refractivity contribution in [2.75, 3.05) is 57.6 Å². The van der Waals surface area contributed by atoms with Crippen LogP contribution in [-0.2, 0) is 31.1 Å². The molecule has 20 nitrogen and oxygen atoms in total. The highest BCUT2D eigenvalue weighted by molar-refractivity contribution is 6.23. The summed E-state index contributed by atoms with van der Waals surface area (Å²) in [6.45, 7) is 3.32. The number of benzene rings is 2. The van der Waals surface area contributed by atoms with Gasteiger partial charge in [-0.2, -0.15) is 10.2 Å². The molecule has 20 heteroatoms. The maximum atomic E-state index is 13.1. The number of imide groups is 2. The first kappa shape index (κ1) is 40.4. The highest BCUT2D eigenvalue weighted by Crippen LogP contribution is 2.48. The zero-order valence-corrected chi connectivity index (χ0v) is 32.5. The molecule has 0 bridgehead atoms. The minimum absolute atomic E-state index is 0.0391. The minimum atomic E-state index is -1.01. The smallest absolute Gasteiger partial charge is 0.273 e. The van der Waals surface area contributed by atoms with Gasteiger partial charge in [0.05, 0.1) is 59.4 Å². The van der Waals surface area contributed by atoms with Crippen LogP contribution in [0.25, 0.3) is 11.4 Å². The summed E-state index contributed by atoms with van der Waals surface area (Å²) in [5.74, 6) is -2.24. The maximum Gasteiger partial charge on any atom is 0.273 e. The zero-order chi connectivity index (χ0) is 41.7. The summed E-state index contributed by atoms with van der Waals surface area (Å²) in [7, 11) is 3.01. The summed E-state index contributed by atoms with van der Waals surface area (Å²) in [6.07, 6.45) is 3.68. The first-order valence-electron chi connectivity index (χ1n) is 19.2. The van der Waals surface area contributed by atoms with Crippen LogP contribution in [0.15, 0.2) is 48.8 Å². The van der Waals surface area contributed by atoms with Crippen LogP contribution >= 0.6 is 0 Å². The van der Waals surface area contributed by atoms with Crippen molar-refractivity contribution in [2.24, 2.45) is 5.73 Å². The number of nitrogens with two attached hydrogens (primary N) is 1. The topological polar surface area (TPSA) is 267 Å². The fraction of sp³-hybridized carbons (Fsp3) is 0.385. The van der Waals surface area contributed by atoms with Gasteiger partial charge in [-0.15, -0.1) is 5.10 Å². The van der Waals surface area contributed by atoms with Crippen molar-refractivity contribution in [1.29, 1.82) is 0 Å². The zero-order valence-electron chi connectivity index (χ0n) is 32.5. The third-order valence-electron chi connectivity index (χ3n) is 10.4. The van der Waals surface area contributed by atoms with E-state index in [0.29, 0.717) is 92.1 Å². The quantitative estimate of drug-likeness (QED) is 0.0567. The summed E-state index contributed by atoms with van der Waals surface area (Å²) < 4.78 is 13.3. The number of aromatic nitrogens is 5. The molecule has 2 aliphatic heterocycles. The average Bonchev–Trinajstić information content (AvgIpc) is 3.86. The van der Waals surface area contributed by atoms with E-state index in [4.69, 9.17) is 15.2 Å². The van der Waals surface area contributed by atoms with E-state index < -0.39 is 46.9 Å². The van der Waals surface area contributed by atoms with Gasteiger partial charge in [-0.05, 0) is 68.6 Å². The van der Waals surface area contributed by atoms with Gasteiger partial charge in [0.25, 0.3) is 17.7 Å². The summed E-state index contributed by atoms with van der Waals surface area (Å²) in [5, 5.41) is 27.5. The van der Waals surface area contributed by atoms with Crippen LogP contribution in [0.2, 0.25) is 0 Å². The Balaban J connectivity index is 0.844. The van der Waals surface area contributed by atoms with E-state index in [2.05, 4.69) is 46.9 Å². The molecule has 1 saturated heterocycles. The molecule has 59 heavy (non-hydrogen) atoms. The van der Waals surface area contributed by atoms with Crippen molar-refractivity contribution in [1.82, 2.24) is 45.8 Å². The standard InChI is InChI=1S/C39H44N12O8/c1-41-35(54)31-27(20-29(47-48-31)39(11-12-39)38(40)57)45-26-6-3-5-24(32(26)58-2)33-44-21-50(49-33)16-14-42-13-4-17-59-18-15-43-22-7-8-23-25(19-22)37(56)51(36(23)55)28-9-10-30(52)46-34(28)53/h3,5-8,19-21,28,42-43H,4,9-18H2,1-2H3,(H2,40,57)(H,41,54)(H,45,47)(H,46,52,53). The van der Waals surface area contributed by atoms with E-state index in [9.17, 15) is 28.8 Å². The van der Waals surface area contributed by atoms with Crippen LogP contribution in [0.5, 0.6) is 5.75 Å². The number of hydrogen-bond acceptors (Lipinski definition) is 15. The molecule has 1 aliphatic carbocycles. The van der Waals surface area contributed by atoms with E-state index in [1.165, 1.54) is 14.2 Å². The minimum Gasteiger partial charge on any atom is -0.494 e. The predicted octanol–water partition coefficient (Wildman–Crippen LogP) is 0.873. The number of ether oxygens (including phenoxy) is 2. The SMILES string of the molecule is CNC(=O)c1nnc(C2(C(N)=O)CC2)cc1Nc1cccc(-c2ncn(CCNCCCOCCNc3ccc4c(c3)C(=O)N(C3CCC(=O)NC3=O)C4=O)n2)c1OC. The van der Waals surface area contributed by atoms with Gasteiger partial charge in [0.2, 0.25) is 17.7 Å². The Bertz CT molecular complexity index is 2310. The maximum absolute atomic E-state index is 13.1. The fourth-order valence-electron chi connectivity index (χ4n) is 7.03. The number of amides is 6. The van der Waals surface area contributed by atoms with Gasteiger partial charge in [0.1, 0.15) is 12.4 Å². The molecule has 2 aromatic heterocycles. The second-order valence-electron chi connectivity index (χ2n) is 14.2. The Morgan fingerprint density at radius 1 is 0.966 bits per heavy atom. The van der Waals surface area contributed by atoms with Crippen molar-refractivity contribution < 1.29 is 38.2 Å². The van der Waals surface area contributed by atoms with Crippen molar-refractivity contribution in [3.63, 3.8) is 0 Å². The molecule has 7 N–H and O–H groups in total. The van der Waals surface area contributed by atoms with Gasteiger partial charge in [-0.25, -0.2) is 4.98 Å². The molecule has 2 fully saturated rings. The number of hydrogen-bond donors (Lipinski definition) is 6. The number of anilines is 3. The fourth-order valence-corrected chi connectivity index (χ4v) is 7.03. The molecule has 0 spiro atoms. The van der Waals surface area contributed by atoms with E-state index in [1.54, 1.807) is 47.4 Å². The van der Waals surface area contributed by atoms with Crippen LogP contribution in [0, 0.1) is 0 Å². The monoisotopic (exact) mass is 808 g/mol. The Hall–Kier alpha value is -6.80. The molecule has 7 rings (SSSR count). The number of para-hydroxylation sites is 1. The molecule has 1 atom stereocenters. The van der Waals surface area contributed by atoms with Gasteiger partial charge in [0, 0.05) is 38.9 Å². The van der Waals surface area contributed by atoms with Crippen LogP contribution in [0.4, 0.5) is 17.1 Å². The van der Waals surface area contributed by atoms with Crippen molar-refractivity contribution >= 4 is 52.5 Å². The van der Waals surface area contributed by atoms with Gasteiger partial charge in [-0.3, -0.25) is 43.7 Å². The molecule has 1 saturated carbocycles. The largest absolute Gasteiger partial charge is 0.494 e. The number of carbonyl (C=O) groups is 6. The lowest BCUT2D eigenvalue weighted by atomic mass is 10.0. The van der Waals surface area contributed by atoms with E-state index >= 15 is 0 Å². The Labute approximate surface area is 338 Å². The number of piperidine rings is 1. The molecule has 4 aromatic rings. The lowest BCUT2D eigenvalue weighted by Gasteiger charge is -2.27. The van der Waals surface area contributed by atoms with E-state index in [1.807, 2.05) is 6.07 Å². The summed E-state index contributed by atoms with van der Waals surface area (Å²) in [6, 6.07) is 10.9. The third-order valence-corrected chi connectivity index (χ3v) is 10.4. The summed E-state index contributed by atoms with van der Waals surface area (Å²) in [4.78, 5) is 80.1. The number of nitrogens with zero attached hydrogens (tertiary/aromatic N) is 6. The molecule has 2 aromatic carbocycles. The van der Waals surface area contributed by atoms with Crippen LogP contribution in [0.3, 0.4) is 0 Å². The second-order valence-corrected chi connectivity index (χ2v) is 14.2. The van der Waals surface area contributed by atoms with Gasteiger partial charge < -0.3 is 36.5 Å².